The number of nitrogens with zero attached hydrogens (tertiary/aromatic N) is 1. The minimum absolute atomic E-state index is 0.0497. The summed E-state index contributed by atoms with van der Waals surface area (Å²) >= 11 is 0. The zero-order valence-electron chi connectivity index (χ0n) is 11.9. The van der Waals surface area contributed by atoms with E-state index in [9.17, 15) is 10.1 Å². The van der Waals surface area contributed by atoms with Gasteiger partial charge in [-0.1, -0.05) is 19.1 Å². The Hall–Kier alpha value is -2.40. The molecule has 5 nitrogen and oxygen atoms in total. The van der Waals surface area contributed by atoms with E-state index in [1.807, 2.05) is 31.2 Å². The molecule has 2 rings (SSSR count). The van der Waals surface area contributed by atoms with Crippen molar-refractivity contribution in [1.29, 1.82) is 0 Å². The highest BCUT2D eigenvalue weighted by atomic mass is 16.6. The Kier molecular flexibility index (Phi) is 4.90. The van der Waals surface area contributed by atoms with Gasteiger partial charge in [0.15, 0.2) is 0 Å². The molecule has 0 aliphatic heterocycles. The molecule has 2 aromatic rings. The maximum Gasteiger partial charge on any atom is 0.269 e. The topological polar surface area (TPSA) is 78.4 Å². The van der Waals surface area contributed by atoms with Crippen molar-refractivity contribution in [2.45, 2.75) is 26.0 Å². The summed E-state index contributed by atoms with van der Waals surface area (Å²) in [5.41, 5.74) is 8.00. The van der Waals surface area contributed by atoms with Crippen molar-refractivity contribution in [3.05, 3.63) is 69.8 Å². The maximum absolute atomic E-state index is 10.6. The second-order valence-electron chi connectivity index (χ2n) is 4.80. The molecule has 0 saturated heterocycles. The van der Waals surface area contributed by atoms with Crippen LogP contribution in [0.1, 0.15) is 30.5 Å². The van der Waals surface area contributed by atoms with Crippen LogP contribution < -0.4 is 10.5 Å². The fraction of sp³-hybridized carbons (Fsp3) is 0.250. The van der Waals surface area contributed by atoms with Crippen LogP contribution in [0.25, 0.3) is 0 Å². The zero-order chi connectivity index (χ0) is 15.2. The van der Waals surface area contributed by atoms with Crippen molar-refractivity contribution in [1.82, 2.24) is 0 Å². The average molecular weight is 286 g/mol. The highest BCUT2D eigenvalue weighted by Gasteiger charge is 2.05. The monoisotopic (exact) mass is 286 g/mol. The minimum atomic E-state index is -0.416. The van der Waals surface area contributed by atoms with Crippen LogP contribution in [0.15, 0.2) is 48.5 Å². The maximum atomic E-state index is 10.6. The fourth-order valence-corrected chi connectivity index (χ4v) is 1.93. The summed E-state index contributed by atoms with van der Waals surface area (Å²) in [5.74, 6) is 0.750. The number of nitro benzene ring substituents is 1. The van der Waals surface area contributed by atoms with Crippen molar-refractivity contribution in [3.8, 4) is 5.75 Å². The standard InChI is InChI=1S/C16H18N2O3/c1-2-16(17)13-5-9-15(10-6-13)21-11-12-3-7-14(8-4-12)18(19)20/h3-10,16H,2,11,17H2,1H3/t16-/m1/s1. The molecule has 0 aromatic heterocycles. The molecule has 2 aromatic carbocycles. The quantitative estimate of drug-likeness (QED) is 0.650. The first-order valence-corrected chi connectivity index (χ1v) is 6.82. The Morgan fingerprint density at radius 3 is 2.29 bits per heavy atom. The summed E-state index contributed by atoms with van der Waals surface area (Å²) in [7, 11) is 0. The van der Waals surface area contributed by atoms with E-state index >= 15 is 0 Å². The highest BCUT2D eigenvalue weighted by Crippen LogP contribution is 2.19. The SMILES string of the molecule is CC[C@@H](N)c1ccc(OCc2ccc([N+](=O)[O-])cc2)cc1. The van der Waals surface area contributed by atoms with E-state index in [-0.39, 0.29) is 11.7 Å². The van der Waals surface area contributed by atoms with Gasteiger partial charge in [-0.05, 0) is 41.8 Å². The van der Waals surface area contributed by atoms with Gasteiger partial charge < -0.3 is 10.5 Å². The first-order chi connectivity index (χ1) is 10.1. The van der Waals surface area contributed by atoms with E-state index in [2.05, 4.69) is 0 Å². The predicted octanol–water partition coefficient (Wildman–Crippen LogP) is 3.58. The van der Waals surface area contributed by atoms with Crippen LogP contribution in [0, 0.1) is 10.1 Å². The molecular weight excluding hydrogens is 268 g/mol. The van der Waals surface area contributed by atoms with Crippen molar-refractivity contribution in [2.24, 2.45) is 5.73 Å². The number of nitrogens with two attached hydrogens (primary N) is 1. The van der Waals surface area contributed by atoms with Crippen LogP contribution in [0.5, 0.6) is 5.75 Å². The molecule has 0 aliphatic rings. The first kappa shape index (κ1) is 15.0. The molecule has 0 aliphatic carbocycles. The van der Waals surface area contributed by atoms with Gasteiger partial charge in [0.1, 0.15) is 12.4 Å². The number of ether oxygens (including phenoxy) is 1. The number of non-ortho nitro benzene ring substituents is 1. The van der Waals surface area contributed by atoms with Gasteiger partial charge in [0.25, 0.3) is 5.69 Å². The first-order valence-electron chi connectivity index (χ1n) is 6.82. The van der Waals surface area contributed by atoms with Crippen LogP contribution in [-0.2, 0) is 6.61 Å². The van der Waals surface area contributed by atoms with Crippen molar-refractivity contribution >= 4 is 5.69 Å². The van der Waals surface area contributed by atoms with Gasteiger partial charge in [-0.2, -0.15) is 0 Å². The smallest absolute Gasteiger partial charge is 0.269 e. The van der Waals surface area contributed by atoms with Crippen molar-refractivity contribution in [2.75, 3.05) is 0 Å². The van der Waals surface area contributed by atoms with Gasteiger partial charge in [-0.3, -0.25) is 10.1 Å². The Morgan fingerprint density at radius 2 is 1.76 bits per heavy atom. The zero-order valence-corrected chi connectivity index (χ0v) is 11.9. The number of hydrogen-bond donors (Lipinski definition) is 1. The predicted molar refractivity (Wildman–Crippen MR) is 81.1 cm³/mol. The molecular formula is C16H18N2O3. The average Bonchev–Trinajstić information content (AvgIpc) is 2.53. The minimum Gasteiger partial charge on any atom is -0.489 e. The lowest BCUT2D eigenvalue weighted by atomic mass is 10.1. The molecule has 2 N–H and O–H groups in total. The lowest BCUT2D eigenvalue weighted by molar-refractivity contribution is -0.384. The molecule has 0 saturated carbocycles. The van der Waals surface area contributed by atoms with E-state index in [1.165, 1.54) is 12.1 Å². The number of nitro groups is 1. The van der Waals surface area contributed by atoms with Gasteiger partial charge >= 0.3 is 0 Å². The molecule has 0 spiro atoms. The van der Waals surface area contributed by atoms with Gasteiger partial charge in [-0.25, -0.2) is 0 Å². The second kappa shape index (κ2) is 6.85. The number of benzene rings is 2. The normalized spacial score (nSPS) is 11.9. The third kappa shape index (κ3) is 4.03. The van der Waals surface area contributed by atoms with Gasteiger partial charge in [0, 0.05) is 18.2 Å². The number of rotatable bonds is 6. The van der Waals surface area contributed by atoms with Gasteiger partial charge in [0.2, 0.25) is 0 Å². The molecule has 110 valence electrons. The Labute approximate surface area is 123 Å². The summed E-state index contributed by atoms with van der Waals surface area (Å²) in [5, 5.41) is 10.6. The summed E-state index contributed by atoms with van der Waals surface area (Å²) < 4.78 is 5.65. The molecule has 21 heavy (non-hydrogen) atoms. The molecule has 0 heterocycles. The lowest BCUT2D eigenvalue weighted by Crippen LogP contribution is -2.08. The fourth-order valence-electron chi connectivity index (χ4n) is 1.93. The van der Waals surface area contributed by atoms with Crippen molar-refractivity contribution < 1.29 is 9.66 Å². The van der Waals surface area contributed by atoms with E-state index in [1.54, 1.807) is 12.1 Å². The summed E-state index contributed by atoms with van der Waals surface area (Å²) in [6, 6.07) is 14.1. The third-order valence-corrected chi connectivity index (χ3v) is 3.30. The van der Waals surface area contributed by atoms with Gasteiger partial charge in [0.05, 0.1) is 4.92 Å². The lowest BCUT2D eigenvalue weighted by Gasteiger charge is -2.11. The third-order valence-electron chi connectivity index (χ3n) is 3.30. The second-order valence-corrected chi connectivity index (χ2v) is 4.80. The summed E-state index contributed by atoms with van der Waals surface area (Å²) in [6.07, 6.45) is 0.892. The molecule has 0 bridgehead atoms. The molecule has 5 heteroatoms. The molecule has 0 fully saturated rings. The Bertz CT molecular complexity index is 594. The van der Waals surface area contributed by atoms with Crippen LogP contribution in [0.4, 0.5) is 5.69 Å². The van der Waals surface area contributed by atoms with E-state index in [0.717, 1.165) is 23.3 Å². The van der Waals surface area contributed by atoms with E-state index in [4.69, 9.17) is 10.5 Å². The Balaban J connectivity index is 1.95. The summed E-state index contributed by atoms with van der Waals surface area (Å²) in [6.45, 7) is 2.42. The Morgan fingerprint density at radius 1 is 1.14 bits per heavy atom. The molecule has 0 unspecified atom stereocenters. The van der Waals surface area contributed by atoms with E-state index < -0.39 is 4.92 Å². The van der Waals surface area contributed by atoms with Crippen molar-refractivity contribution in [3.63, 3.8) is 0 Å². The van der Waals surface area contributed by atoms with Crippen LogP contribution in [0.2, 0.25) is 0 Å². The van der Waals surface area contributed by atoms with Crippen LogP contribution >= 0.6 is 0 Å². The van der Waals surface area contributed by atoms with Crippen LogP contribution in [-0.4, -0.2) is 4.92 Å². The summed E-state index contributed by atoms with van der Waals surface area (Å²) in [4.78, 5) is 10.2. The van der Waals surface area contributed by atoms with Gasteiger partial charge in [-0.15, -0.1) is 0 Å². The molecule has 0 amide bonds. The van der Waals surface area contributed by atoms with E-state index in [0.29, 0.717) is 6.61 Å². The molecule has 1 atom stereocenters. The highest BCUT2D eigenvalue weighted by molar-refractivity contribution is 5.33. The van der Waals surface area contributed by atoms with Crippen LogP contribution in [0.3, 0.4) is 0 Å². The molecule has 0 radical (unpaired) electrons. The number of hydrogen-bond acceptors (Lipinski definition) is 4. The largest absolute Gasteiger partial charge is 0.489 e.